The van der Waals surface area contributed by atoms with Gasteiger partial charge in [-0.3, -0.25) is 4.68 Å². The van der Waals surface area contributed by atoms with Crippen molar-refractivity contribution in [3.8, 4) is 0 Å². The Hall–Kier alpha value is -2.48. The number of ether oxygens (including phenoxy) is 1. The zero-order valence-electron chi connectivity index (χ0n) is 13.3. The summed E-state index contributed by atoms with van der Waals surface area (Å²) < 4.78 is 9.06. The molecule has 0 N–H and O–H groups in total. The van der Waals surface area contributed by atoms with E-state index >= 15 is 0 Å². The predicted octanol–water partition coefficient (Wildman–Crippen LogP) is 1.23. The minimum absolute atomic E-state index is 0.376. The van der Waals surface area contributed by atoms with E-state index in [1.54, 1.807) is 11.6 Å². The standard InChI is InChI=1S/C15H19N7O/c1-11-6-17-21(7-11)13-3-4-20(8-13)14-5-12(9-23-2)19-15-16-10-18-22(14)15/h5-7,10,13H,3-4,8-9H2,1-2H3. The number of hydrogen-bond acceptors (Lipinski definition) is 6. The van der Waals surface area contributed by atoms with E-state index < -0.39 is 0 Å². The Balaban J connectivity index is 1.65. The Labute approximate surface area is 133 Å². The monoisotopic (exact) mass is 313 g/mol. The van der Waals surface area contributed by atoms with Crippen molar-refractivity contribution in [2.75, 3.05) is 25.1 Å². The molecule has 120 valence electrons. The van der Waals surface area contributed by atoms with E-state index in [1.165, 1.54) is 11.9 Å². The van der Waals surface area contributed by atoms with E-state index in [-0.39, 0.29) is 0 Å². The van der Waals surface area contributed by atoms with Crippen molar-refractivity contribution in [3.63, 3.8) is 0 Å². The molecular weight excluding hydrogens is 294 g/mol. The van der Waals surface area contributed by atoms with Crippen LogP contribution in [0.1, 0.15) is 23.7 Å². The van der Waals surface area contributed by atoms with Gasteiger partial charge in [0.25, 0.3) is 5.78 Å². The predicted molar refractivity (Wildman–Crippen MR) is 84.3 cm³/mol. The van der Waals surface area contributed by atoms with Crippen LogP contribution in [0.3, 0.4) is 0 Å². The van der Waals surface area contributed by atoms with Crippen LogP contribution in [0, 0.1) is 6.92 Å². The van der Waals surface area contributed by atoms with Gasteiger partial charge in [-0.2, -0.15) is 19.7 Å². The lowest BCUT2D eigenvalue weighted by Gasteiger charge is -2.20. The molecule has 8 heteroatoms. The van der Waals surface area contributed by atoms with Crippen LogP contribution in [0.15, 0.2) is 24.8 Å². The summed E-state index contributed by atoms with van der Waals surface area (Å²) in [7, 11) is 1.67. The smallest absolute Gasteiger partial charge is 0.254 e. The minimum Gasteiger partial charge on any atom is -0.378 e. The van der Waals surface area contributed by atoms with Gasteiger partial charge in [0, 0.05) is 32.5 Å². The summed E-state index contributed by atoms with van der Waals surface area (Å²) in [5.41, 5.74) is 2.05. The van der Waals surface area contributed by atoms with Crippen molar-refractivity contribution >= 4 is 11.6 Å². The quantitative estimate of drug-likeness (QED) is 0.721. The lowest BCUT2D eigenvalue weighted by atomic mass is 10.3. The third-order valence-electron chi connectivity index (χ3n) is 4.17. The molecule has 0 saturated carbocycles. The number of hydrogen-bond donors (Lipinski definition) is 0. The summed E-state index contributed by atoms with van der Waals surface area (Å²) in [6, 6.07) is 2.41. The third-order valence-corrected chi connectivity index (χ3v) is 4.17. The van der Waals surface area contributed by atoms with Crippen molar-refractivity contribution in [2.45, 2.75) is 26.0 Å². The molecule has 0 bridgehead atoms. The molecule has 1 saturated heterocycles. The Morgan fingerprint density at radius 2 is 2.26 bits per heavy atom. The van der Waals surface area contributed by atoms with E-state index in [0.29, 0.717) is 18.4 Å². The van der Waals surface area contributed by atoms with Crippen LogP contribution in [0.5, 0.6) is 0 Å². The third kappa shape index (κ3) is 2.55. The van der Waals surface area contributed by atoms with Crippen LogP contribution < -0.4 is 4.90 Å². The molecule has 4 heterocycles. The molecule has 8 nitrogen and oxygen atoms in total. The molecule has 1 atom stereocenters. The second kappa shape index (κ2) is 5.62. The number of aromatic nitrogens is 6. The molecule has 0 aliphatic carbocycles. The molecule has 1 aliphatic rings. The summed E-state index contributed by atoms with van der Waals surface area (Å²) in [6.45, 7) is 4.38. The van der Waals surface area contributed by atoms with Crippen LogP contribution in [-0.2, 0) is 11.3 Å². The highest BCUT2D eigenvalue weighted by Crippen LogP contribution is 2.27. The van der Waals surface area contributed by atoms with Gasteiger partial charge < -0.3 is 9.64 Å². The number of anilines is 1. The van der Waals surface area contributed by atoms with Crippen LogP contribution in [0.2, 0.25) is 0 Å². The number of rotatable bonds is 4. The maximum Gasteiger partial charge on any atom is 0.254 e. The fraction of sp³-hybridized carbons (Fsp3) is 0.467. The molecule has 3 aromatic rings. The van der Waals surface area contributed by atoms with Crippen LogP contribution in [-0.4, -0.2) is 49.6 Å². The number of aryl methyl sites for hydroxylation is 1. The maximum atomic E-state index is 5.21. The van der Waals surface area contributed by atoms with Gasteiger partial charge in [0.2, 0.25) is 0 Å². The first-order valence-electron chi connectivity index (χ1n) is 7.69. The summed E-state index contributed by atoms with van der Waals surface area (Å²) in [4.78, 5) is 11.0. The zero-order chi connectivity index (χ0) is 15.8. The fourth-order valence-electron chi connectivity index (χ4n) is 3.09. The summed E-state index contributed by atoms with van der Waals surface area (Å²) >= 11 is 0. The molecule has 3 aromatic heterocycles. The second-order valence-electron chi connectivity index (χ2n) is 5.90. The SMILES string of the molecule is COCc1cc(N2CCC(n3cc(C)cn3)C2)n2ncnc2n1. The highest BCUT2D eigenvalue weighted by atomic mass is 16.5. The summed E-state index contributed by atoms with van der Waals surface area (Å²) in [6.07, 6.45) is 6.59. The van der Waals surface area contributed by atoms with Crippen molar-refractivity contribution in [2.24, 2.45) is 0 Å². The molecule has 0 radical (unpaired) electrons. The van der Waals surface area contributed by atoms with Crippen LogP contribution in [0.25, 0.3) is 5.78 Å². The Morgan fingerprint density at radius 3 is 3.04 bits per heavy atom. The van der Waals surface area contributed by atoms with E-state index in [4.69, 9.17) is 4.74 Å². The van der Waals surface area contributed by atoms with Gasteiger partial charge in [0.05, 0.1) is 24.5 Å². The summed E-state index contributed by atoms with van der Waals surface area (Å²) in [5, 5.41) is 8.75. The molecule has 4 rings (SSSR count). The molecule has 0 amide bonds. The Bertz CT molecular complexity index is 824. The van der Waals surface area contributed by atoms with Crippen LogP contribution in [0.4, 0.5) is 5.82 Å². The molecular formula is C15H19N7O. The highest BCUT2D eigenvalue weighted by Gasteiger charge is 2.27. The maximum absolute atomic E-state index is 5.21. The van der Waals surface area contributed by atoms with Crippen molar-refractivity contribution in [1.29, 1.82) is 0 Å². The van der Waals surface area contributed by atoms with Gasteiger partial charge in [-0.05, 0) is 18.9 Å². The van der Waals surface area contributed by atoms with E-state index in [1.807, 2.05) is 12.3 Å². The normalized spacial score (nSPS) is 18.2. The van der Waals surface area contributed by atoms with Gasteiger partial charge in [0.15, 0.2) is 0 Å². The summed E-state index contributed by atoms with van der Waals surface area (Å²) in [5.74, 6) is 1.61. The van der Waals surface area contributed by atoms with Crippen molar-refractivity contribution in [3.05, 3.63) is 36.0 Å². The molecule has 0 aromatic carbocycles. The van der Waals surface area contributed by atoms with E-state index in [0.717, 1.165) is 31.0 Å². The van der Waals surface area contributed by atoms with Crippen molar-refractivity contribution in [1.82, 2.24) is 29.4 Å². The molecule has 1 aliphatic heterocycles. The fourth-order valence-corrected chi connectivity index (χ4v) is 3.09. The van der Waals surface area contributed by atoms with Crippen molar-refractivity contribution < 1.29 is 4.74 Å². The topological polar surface area (TPSA) is 73.4 Å². The van der Waals surface area contributed by atoms with Gasteiger partial charge >= 0.3 is 0 Å². The Kier molecular flexibility index (Phi) is 3.45. The van der Waals surface area contributed by atoms with E-state index in [2.05, 4.69) is 42.9 Å². The molecule has 0 spiro atoms. The highest BCUT2D eigenvalue weighted by molar-refractivity contribution is 5.48. The van der Waals surface area contributed by atoms with Gasteiger partial charge in [-0.1, -0.05) is 0 Å². The zero-order valence-corrected chi connectivity index (χ0v) is 13.3. The van der Waals surface area contributed by atoms with Gasteiger partial charge in [0.1, 0.15) is 12.1 Å². The van der Waals surface area contributed by atoms with Gasteiger partial charge in [-0.15, -0.1) is 0 Å². The lowest BCUT2D eigenvalue weighted by Crippen LogP contribution is -2.24. The number of fused-ring (bicyclic) bond motifs is 1. The number of methoxy groups -OCH3 is 1. The minimum atomic E-state index is 0.376. The second-order valence-corrected chi connectivity index (χ2v) is 5.90. The first-order valence-corrected chi connectivity index (χ1v) is 7.69. The largest absolute Gasteiger partial charge is 0.378 e. The Morgan fingerprint density at radius 1 is 1.35 bits per heavy atom. The molecule has 23 heavy (non-hydrogen) atoms. The first kappa shape index (κ1) is 14.1. The molecule has 1 fully saturated rings. The first-order chi connectivity index (χ1) is 11.2. The van der Waals surface area contributed by atoms with Crippen LogP contribution >= 0.6 is 0 Å². The average molecular weight is 313 g/mol. The number of nitrogens with zero attached hydrogens (tertiary/aromatic N) is 7. The molecule has 1 unspecified atom stereocenters. The average Bonchev–Trinajstić information content (AvgIpc) is 3.26. The van der Waals surface area contributed by atoms with E-state index in [9.17, 15) is 0 Å². The lowest BCUT2D eigenvalue weighted by molar-refractivity contribution is 0.181. The van der Waals surface area contributed by atoms with Gasteiger partial charge in [-0.25, -0.2) is 4.98 Å².